The molecule has 2 rings (SSSR count). The van der Waals surface area contributed by atoms with Crippen molar-refractivity contribution in [3.8, 4) is 0 Å². The predicted molar refractivity (Wildman–Crippen MR) is 71.9 cm³/mol. The van der Waals surface area contributed by atoms with Crippen molar-refractivity contribution in [2.24, 2.45) is 5.92 Å². The molecule has 0 bridgehead atoms. The fourth-order valence-electron chi connectivity index (χ4n) is 2.60. The lowest BCUT2D eigenvalue weighted by atomic mass is 10.1. The number of nitrogens with zero attached hydrogens (tertiary/aromatic N) is 2. The number of anilines is 1. The fourth-order valence-corrected chi connectivity index (χ4v) is 3.05. The quantitative estimate of drug-likeness (QED) is 0.839. The van der Waals surface area contributed by atoms with E-state index in [1.165, 1.54) is 31.2 Å². The Balaban J connectivity index is 2.04. The topological polar surface area (TPSA) is 16.1 Å². The van der Waals surface area contributed by atoms with Crippen LogP contribution in [0.3, 0.4) is 0 Å². The van der Waals surface area contributed by atoms with Crippen molar-refractivity contribution < 1.29 is 0 Å². The second-order valence-corrected chi connectivity index (χ2v) is 5.74. The maximum Gasteiger partial charge on any atom is 0.131 e. The molecule has 16 heavy (non-hydrogen) atoms. The molecule has 3 heteroatoms. The van der Waals surface area contributed by atoms with Crippen LogP contribution in [0, 0.1) is 12.8 Å². The molecule has 0 unspecified atom stereocenters. The van der Waals surface area contributed by atoms with Gasteiger partial charge in [-0.1, -0.05) is 12.8 Å². The van der Waals surface area contributed by atoms with E-state index in [4.69, 9.17) is 0 Å². The van der Waals surface area contributed by atoms with Crippen molar-refractivity contribution in [1.29, 1.82) is 0 Å². The van der Waals surface area contributed by atoms with Crippen molar-refractivity contribution in [2.75, 3.05) is 18.5 Å². The van der Waals surface area contributed by atoms with Crippen LogP contribution in [-0.4, -0.2) is 18.6 Å². The maximum absolute atomic E-state index is 4.50. The minimum absolute atomic E-state index is 0.870. The van der Waals surface area contributed by atoms with Crippen LogP contribution < -0.4 is 4.90 Å². The third-order valence-corrected chi connectivity index (χ3v) is 3.82. The molecular formula is C13H19BrN2. The third-order valence-electron chi connectivity index (χ3n) is 3.39. The van der Waals surface area contributed by atoms with Crippen LogP contribution in [0.1, 0.15) is 31.2 Å². The standard InChI is InChI=1S/C13H19BrN2/c1-10-7-12(14)8-15-13(10)16(2)9-11-5-3-4-6-11/h7-8,11H,3-6,9H2,1-2H3. The van der Waals surface area contributed by atoms with Crippen LogP contribution in [-0.2, 0) is 0 Å². The van der Waals surface area contributed by atoms with Gasteiger partial charge in [0.2, 0.25) is 0 Å². The predicted octanol–water partition coefficient (Wildman–Crippen LogP) is 3.78. The number of aromatic nitrogens is 1. The molecule has 1 fully saturated rings. The number of hydrogen-bond acceptors (Lipinski definition) is 2. The van der Waals surface area contributed by atoms with E-state index >= 15 is 0 Å². The normalized spacial score (nSPS) is 16.7. The molecule has 0 aliphatic heterocycles. The highest BCUT2D eigenvalue weighted by Gasteiger charge is 2.18. The highest BCUT2D eigenvalue weighted by Crippen LogP contribution is 2.27. The molecule has 0 N–H and O–H groups in total. The van der Waals surface area contributed by atoms with E-state index in [1.807, 2.05) is 6.20 Å². The van der Waals surface area contributed by atoms with Gasteiger partial charge in [0.05, 0.1) is 0 Å². The van der Waals surface area contributed by atoms with Crippen LogP contribution in [0.15, 0.2) is 16.7 Å². The SMILES string of the molecule is Cc1cc(Br)cnc1N(C)CC1CCCC1. The van der Waals surface area contributed by atoms with Crippen LogP contribution >= 0.6 is 15.9 Å². The zero-order valence-corrected chi connectivity index (χ0v) is 11.6. The van der Waals surface area contributed by atoms with Crippen LogP contribution in [0.5, 0.6) is 0 Å². The summed E-state index contributed by atoms with van der Waals surface area (Å²) in [5.74, 6) is 1.99. The first kappa shape index (κ1) is 11.9. The van der Waals surface area contributed by atoms with Crippen molar-refractivity contribution in [2.45, 2.75) is 32.6 Å². The van der Waals surface area contributed by atoms with Crippen LogP contribution in [0.4, 0.5) is 5.82 Å². The first-order valence-electron chi connectivity index (χ1n) is 6.00. The highest BCUT2D eigenvalue weighted by atomic mass is 79.9. The van der Waals surface area contributed by atoms with E-state index in [0.29, 0.717) is 0 Å². The summed E-state index contributed by atoms with van der Waals surface area (Å²) in [6, 6.07) is 2.13. The molecule has 1 aromatic heterocycles. The molecule has 0 atom stereocenters. The van der Waals surface area contributed by atoms with E-state index in [1.54, 1.807) is 0 Å². The molecule has 1 aliphatic carbocycles. The minimum Gasteiger partial charge on any atom is -0.359 e. The van der Waals surface area contributed by atoms with Gasteiger partial charge in [-0.3, -0.25) is 0 Å². The first-order valence-corrected chi connectivity index (χ1v) is 6.79. The van der Waals surface area contributed by atoms with Crippen LogP contribution in [0.25, 0.3) is 0 Å². The summed E-state index contributed by atoms with van der Waals surface area (Å²) < 4.78 is 1.06. The Kier molecular flexibility index (Phi) is 3.85. The van der Waals surface area contributed by atoms with Gasteiger partial charge in [-0.25, -0.2) is 4.98 Å². The van der Waals surface area contributed by atoms with Crippen molar-refractivity contribution >= 4 is 21.7 Å². The molecule has 0 saturated heterocycles. The average molecular weight is 283 g/mol. The lowest BCUT2D eigenvalue weighted by Crippen LogP contribution is -2.25. The Morgan fingerprint density at radius 2 is 2.12 bits per heavy atom. The monoisotopic (exact) mass is 282 g/mol. The summed E-state index contributed by atoms with van der Waals surface area (Å²) in [6.07, 6.45) is 7.48. The van der Waals surface area contributed by atoms with E-state index in [2.05, 4.69) is 45.9 Å². The van der Waals surface area contributed by atoms with Gasteiger partial charge in [0.25, 0.3) is 0 Å². The molecule has 0 aromatic carbocycles. The smallest absolute Gasteiger partial charge is 0.131 e. The summed E-state index contributed by atoms with van der Waals surface area (Å²) in [7, 11) is 2.15. The molecule has 1 aliphatic rings. The number of hydrogen-bond donors (Lipinski definition) is 0. The summed E-state index contributed by atoms with van der Waals surface area (Å²) in [6.45, 7) is 3.27. The Labute approximate surface area is 106 Å². The second kappa shape index (κ2) is 5.17. The van der Waals surface area contributed by atoms with E-state index < -0.39 is 0 Å². The van der Waals surface area contributed by atoms with Crippen molar-refractivity contribution in [1.82, 2.24) is 4.98 Å². The highest BCUT2D eigenvalue weighted by molar-refractivity contribution is 9.10. The van der Waals surface area contributed by atoms with Crippen molar-refractivity contribution in [3.05, 3.63) is 22.3 Å². The van der Waals surface area contributed by atoms with E-state index in [-0.39, 0.29) is 0 Å². The summed E-state index contributed by atoms with van der Waals surface area (Å²) >= 11 is 3.45. The number of aryl methyl sites for hydroxylation is 1. The summed E-state index contributed by atoms with van der Waals surface area (Å²) in [5.41, 5.74) is 1.25. The van der Waals surface area contributed by atoms with E-state index in [9.17, 15) is 0 Å². The molecule has 1 saturated carbocycles. The van der Waals surface area contributed by atoms with Gasteiger partial charge in [0.1, 0.15) is 5.82 Å². The van der Waals surface area contributed by atoms with Gasteiger partial charge < -0.3 is 4.90 Å². The Morgan fingerprint density at radius 1 is 1.44 bits per heavy atom. The fraction of sp³-hybridized carbons (Fsp3) is 0.615. The molecule has 0 radical (unpaired) electrons. The Bertz CT molecular complexity index is 359. The van der Waals surface area contributed by atoms with Crippen LogP contribution in [0.2, 0.25) is 0 Å². The zero-order valence-electron chi connectivity index (χ0n) is 10.0. The Morgan fingerprint density at radius 3 is 2.75 bits per heavy atom. The van der Waals surface area contributed by atoms with E-state index in [0.717, 1.165) is 22.8 Å². The van der Waals surface area contributed by atoms with Gasteiger partial charge in [0.15, 0.2) is 0 Å². The zero-order chi connectivity index (χ0) is 11.5. The number of pyridine rings is 1. The maximum atomic E-state index is 4.50. The van der Waals surface area contributed by atoms with Crippen molar-refractivity contribution in [3.63, 3.8) is 0 Å². The van der Waals surface area contributed by atoms with Gasteiger partial charge in [-0.05, 0) is 53.2 Å². The van der Waals surface area contributed by atoms with Gasteiger partial charge in [-0.2, -0.15) is 0 Å². The molecule has 0 spiro atoms. The molecule has 1 heterocycles. The lowest BCUT2D eigenvalue weighted by molar-refractivity contribution is 0.544. The summed E-state index contributed by atoms with van der Waals surface area (Å²) in [5, 5.41) is 0. The summed E-state index contributed by atoms with van der Waals surface area (Å²) in [4.78, 5) is 6.80. The molecule has 0 amide bonds. The molecule has 1 aromatic rings. The molecular weight excluding hydrogens is 264 g/mol. The minimum atomic E-state index is 0.870. The largest absolute Gasteiger partial charge is 0.359 e. The number of rotatable bonds is 3. The van der Waals surface area contributed by atoms with Gasteiger partial charge >= 0.3 is 0 Å². The lowest BCUT2D eigenvalue weighted by Gasteiger charge is -2.23. The first-order chi connectivity index (χ1) is 7.66. The Hall–Kier alpha value is -0.570. The molecule has 88 valence electrons. The molecule has 2 nitrogen and oxygen atoms in total. The average Bonchev–Trinajstić information content (AvgIpc) is 2.70. The second-order valence-electron chi connectivity index (χ2n) is 4.83. The third kappa shape index (κ3) is 2.76. The van der Waals surface area contributed by atoms with Gasteiger partial charge in [-0.15, -0.1) is 0 Å². The number of halogens is 1. The van der Waals surface area contributed by atoms with Gasteiger partial charge in [0, 0.05) is 24.3 Å².